The zero-order valence-electron chi connectivity index (χ0n) is 16.2. The number of aryl methyl sites for hydroxylation is 1. The highest BCUT2D eigenvalue weighted by molar-refractivity contribution is 5.94. The number of amides is 1. The van der Waals surface area contributed by atoms with Crippen LogP contribution >= 0.6 is 0 Å². The van der Waals surface area contributed by atoms with E-state index in [0.717, 1.165) is 18.5 Å². The molecule has 28 heavy (non-hydrogen) atoms. The lowest BCUT2D eigenvalue weighted by Gasteiger charge is -2.36. The van der Waals surface area contributed by atoms with Crippen LogP contribution in [0.2, 0.25) is 0 Å². The van der Waals surface area contributed by atoms with Gasteiger partial charge in [0.05, 0.1) is 24.4 Å². The van der Waals surface area contributed by atoms with E-state index in [4.69, 9.17) is 4.74 Å². The van der Waals surface area contributed by atoms with E-state index in [-0.39, 0.29) is 30.2 Å². The molecule has 3 atom stereocenters. The molecule has 1 saturated heterocycles. The predicted octanol–water partition coefficient (Wildman–Crippen LogP) is 2.27. The largest absolute Gasteiger partial charge is 0.394 e. The zero-order valence-corrected chi connectivity index (χ0v) is 16.2. The van der Waals surface area contributed by atoms with Crippen molar-refractivity contribution in [1.82, 2.24) is 20.3 Å². The number of aromatic nitrogens is 3. The van der Waals surface area contributed by atoms with E-state index in [0.29, 0.717) is 18.9 Å². The van der Waals surface area contributed by atoms with Crippen molar-refractivity contribution in [2.45, 2.75) is 63.8 Å². The highest BCUT2D eigenvalue weighted by Crippen LogP contribution is 2.23. The minimum absolute atomic E-state index is 0.0221. The molecule has 1 aliphatic rings. The maximum atomic E-state index is 13.3. The van der Waals surface area contributed by atoms with Gasteiger partial charge in [-0.2, -0.15) is 0 Å². The van der Waals surface area contributed by atoms with E-state index in [9.17, 15) is 14.3 Å². The highest BCUT2D eigenvalue weighted by atomic mass is 19.1. The second-order valence-electron chi connectivity index (χ2n) is 7.50. The molecule has 2 heterocycles. The Morgan fingerprint density at radius 2 is 2.25 bits per heavy atom. The molecular weight excluding hydrogens is 363 g/mol. The Balaban J connectivity index is 1.52. The summed E-state index contributed by atoms with van der Waals surface area (Å²) in [6.07, 6.45) is 3.63. The van der Waals surface area contributed by atoms with Crippen LogP contribution in [0.3, 0.4) is 0 Å². The molecule has 0 bridgehead atoms. The Bertz CT molecular complexity index is 795. The quantitative estimate of drug-likeness (QED) is 0.757. The van der Waals surface area contributed by atoms with Gasteiger partial charge in [0.1, 0.15) is 11.9 Å². The molecule has 0 aliphatic carbocycles. The SMILES string of the molecule is CC(C)c1cn(CC[C@@H]2CC[C@H](NC(=O)c3cccc(F)c3)[C@@H](CO)O2)nn1. The van der Waals surface area contributed by atoms with E-state index < -0.39 is 11.9 Å². The fourth-order valence-electron chi connectivity index (χ4n) is 3.35. The molecule has 0 saturated carbocycles. The monoisotopic (exact) mass is 390 g/mol. The summed E-state index contributed by atoms with van der Waals surface area (Å²) >= 11 is 0. The van der Waals surface area contributed by atoms with Crippen LogP contribution in [-0.2, 0) is 11.3 Å². The average molecular weight is 390 g/mol. The maximum absolute atomic E-state index is 13.3. The normalized spacial score (nSPS) is 22.4. The molecule has 0 radical (unpaired) electrons. The van der Waals surface area contributed by atoms with Crippen molar-refractivity contribution in [3.8, 4) is 0 Å². The molecular formula is C20H27FN4O3. The summed E-state index contributed by atoms with van der Waals surface area (Å²) in [5.41, 5.74) is 1.21. The first-order valence-corrected chi connectivity index (χ1v) is 9.69. The number of nitrogens with zero attached hydrogens (tertiary/aromatic N) is 3. The van der Waals surface area contributed by atoms with Crippen molar-refractivity contribution in [3.63, 3.8) is 0 Å². The summed E-state index contributed by atoms with van der Waals surface area (Å²) in [6.45, 7) is 4.64. The second kappa shape index (κ2) is 9.25. The third-order valence-electron chi connectivity index (χ3n) is 5.03. The van der Waals surface area contributed by atoms with Gasteiger partial charge in [0.2, 0.25) is 0 Å². The van der Waals surface area contributed by atoms with Gasteiger partial charge in [-0.25, -0.2) is 4.39 Å². The van der Waals surface area contributed by atoms with Gasteiger partial charge in [-0.05, 0) is 43.4 Å². The number of aliphatic hydroxyl groups is 1. The van der Waals surface area contributed by atoms with Crippen LogP contribution in [0.15, 0.2) is 30.5 Å². The van der Waals surface area contributed by atoms with E-state index in [2.05, 4.69) is 29.5 Å². The first-order valence-electron chi connectivity index (χ1n) is 9.69. The number of carbonyl (C=O) groups is 1. The summed E-state index contributed by atoms with van der Waals surface area (Å²) in [4.78, 5) is 12.3. The van der Waals surface area contributed by atoms with Crippen molar-refractivity contribution < 1.29 is 19.0 Å². The van der Waals surface area contributed by atoms with Gasteiger partial charge in [-0.15, -0.1) is 5.10 Å². The summed E-state index contributed by atoms with van der Waals surface area (Å²) in [5.74, 6) is -0.491. The molecule has 0 spiro atoms. The molecule has 1 amide bonds. The second-order valence-corrected chi connectivity index (χ2v) is 7.50. The van der Waals surface area contributed by atoms with Gasteiger partial charge < -0.3 is 15.2 Å². The Hall–Kier alpha value is -2.32. The van der Waals surface area contributed by atoms with Crippen molar-refractivity contribution in [2.24, 2.45) is 0 Å². The standard InChI is InChI=1S/C20H27FN4O3/c1-13(2)18-11-25(24-23-18)9-8-16-6-7-17(19(12-26)28-16)22-20(27)14-4-3-5-15(21)10-14/h3-5,10-11,13,16-17,19,26H,6-9,12H2,1-2H3,(H,22,27)/t16-,17-,19+/m0/s1. The minimum Gasteiger partial charge on any atom is -0.394 e. The minimum atomic E-state index is -0.488. The van der Waals surface area contributed by atoms with Crippen LogP contribution in [0, 0.1) is 5.82 Å². The molecule has 2 aromatic rings. The van der Waals surface area contributed by atoms with Gasteiger partial charge in [-0.1, -0.05) is 25.1 Å². The summed E-state index contributed by atoms with van der Waals surface area (Å²) < 4.78 is 21.1. The number of benzene rings is 1. The summed E-state index contributed by atoms with van der Waals surface area (Å²) in [7, 11) is 0. The topological polar surface area (TPSA) is 89.3 Å². The molecule has 8 heteroatoms. The van der Waals surface area contributed by atoms with Crippen LogP contribution in [0.5, 0.6) is 0 Å². The van der Waals surface area contributed by atoms with Crippen LogP contribution in [0.1, 0.15) is 55.1 Å². The van der Waals surface area contributed by atoms with Gasteiger partial charge in [-0.3, -0.25) is 9.48 Å². The lowest BCUT2D eigenvalue weighted by Crippen LogP contribution is -2.51. The van der Waals surface area contributed by atoms with Gasteiger partial charge in [0.15, 0.2) is 0 Å². The first kappa shape index (κ1) is 20.4. The number of hydrogen-bond acceptors (Lipinski definition) is 5. The molecule has 1 fully saturated rings. The Labute approximate surface area is 163 Å². The number of rotatable bonds is 7. The average Bonchev–Trinajstić information content (AvgIpc) is 3.16. The number of halogens is 1. The van der Waals surface area contributed by atoms with E-state index in [1.807, 2.05) is 10.9 Å². The summed E-state index contributed by atoms with van der Waals surface area (Å²) in [5, 5.41) is 20.8. The van der Waals surface area contributed by atoms with E-state index in [1.54, 1.807) is 6.07 Å². The molecule has 1 aromatic heterocycles. The number of ether oxygens (including phenoxy) is 1. The van der Waals surface area contributed by atoms with Crippen LogP contribution in [-0.4, -0.2) is 50.9 Å². The zero-order chi connectivity index (χ0) is 20.1. The van der Waals surface area contributed by atoms with Crippen LogP contribution in [0.4, 0.5) is 4.39 Å². The summed E-state index contributed by atoms with van der Waals surface area (Å²) in [6, 6.07) is 5.23. The van der Waals surface area contributed by atoms with Crippen molar-refractivity contribution >= 4 is 5.91 Å². The maximum Gasteiger partial charge on any atom is 0.251 e. The van der Waals surface area contributed by atoms with Crippen LogP contribution < -0.4 is 5.32 Å². The highest BCUT2D eigenvalue weighted by Gasteiger charge is 2.32. The van der Waals surface area contributed by atoms with Gasteiger partial charge in [0, 0.05) is 18.3 Å². The van der Waals surface area contributed by atoms with Crippen molar-refractivity contribution in [3.05, 3.63) is 47.5 Å². The first-order chi connectivity index (χ1) is 13.5. The predicted molar refractivity (Wildman–Crippen MR) is 101 cm³/mol. The lowest BCUT2D eigenvalue weighted by molar-refractivity contribution is -0.0912. The Morgan fingerprint density at radius 3 is 2.93 bits per heavy atom. The fourth-order valence-corrected chi connectivity index (χ4v) is 3.35. The smallest absolute Gasteiger partial charge is 0.251 e. The molecule has 1 aliphatic heterocycles. The molecule has 152 valence electrons. The lowest BCUT2D eigenvalue weighted by atomic mass is 9.96. The molecule has 3 rings (SSSR count). The Kier molecular flexibility index (Phi) is 6.74. The molecule has 2 N–H and O–H groups in total. The van der Waals surface area contributed by atoms with Crippen LogP contribution in [0.25, 0.3) is 0 Å². The Morgan fingerprint density at radius 1 is 1.43 bits per heavy atom. The molecule has 1 aromatic carbocycles. The third kappa shape index (κ3) is 5.14. The number of aliphatic hydroxyl groups excluding tert-OH is 1. The van der Waals surface area contributed by atoms with E-state index >= 15 is 0 Å². The van der Waals surface area contributed by atoms with Crippen molar-refractivity contribution in [1.29, 1.82) is 0 Å². The number of carbonyl (C=O) groups excluding carboxylic acids is 1. The van der Waals surface area contributed by atoms with Gasteiger partial charge in [0.25, 0.3) is 5.91 Å². The number of nitrogens with one attached hydrogen (secondary N) is 1. The van der Waals surface area contributed by atoms with Gasteiger partial charge >= 0.3 is 0 Å². The van der Waals surface area contributed by atoms with Crippen molar-refractivity contribution in [2.75, 3.05) is 6.61 Å². The third-order valence-corrected chi connectivity index (χ3v) is 5.03. The van der Waals surface area contributed by atoms with E-state index in [1.165, 1.54) is 18.2 Å². The fraction of sp³-hybridized carbons (Fsp3) is 0.550. The molecule has 0 unspecified atom stereocenters. The number of hydrogen-bond donors (Lipinski definition) is 2. The molecule has 7 nitrogen and oxygen atoms in total.